The number of hydrogen-bond donors (Lipinski definition) is 0. The summed E-state index contributed by atoms with van der Waals surface area (Å²) in [5, 5.41) is 3.22. The van der Waals surface area contributed by atoms with Crippen LogP contribution in [0.2, 0.25) is 0 Å². The normalized spacial score (nSPS) is 11.1. The highest BCUT2D eigenvalue weighted by Crippen LogP contribution is 2.42. The molecule has 4 heteroatoms. The van der Waals surface area contributed by atoms with Gasteiger partial charge in [-0.15, -0.1) is 0 Å². The molecule has 2 aromatic rings. The molecule has 0 spiro atoms. The lowest BCUT2D eigenvalue weighted by molar-refractivity contribution is 0.232. The van der Waals surface area contributed by atoms with E-state index in [0.29, 0.717) is 0 Å². The molecule has 0 aliphatic carbocycles. The average Bonchev–Trinajstić information content (AvgIpc) is 2.64. The van der Waals surface area contributed by atoms with Gasteiger partial charge in [-0.05, 0) is 26.7 Å². The Morgan fingerprint density at radius 2 is 1.54 bits per heavy atom. The summed E-state index contributed by atoms with van der Waals surface area (Å²) in [5.74, 6) is 2.38. The standard InChI is InChI=1S/C22H31BrO3/c1-17(2)26-22-19-13-9-8-12-18(19)20(16-21(22)24-3)25-15-11-7-5-4-6-10-14-23/h8-9,12-13,16-17H,4-7,10-11,14-15H2,1-3H3. The second-order valence-electron chi connectivity index (χ2n) is 6.78. The Morgan fingerprint density at radius 3 is 2.19 bits per heavy atom. The first-order valence-corrected chi connectivity index (χ1v) is 10.7. The van der Waals surface area contributed by atoms with Crippen molar-refractivity contribution in [3.8, 4) is 17.2 Å². The van der Waals surface area contributed by atoms with Crippen molar-refractivity contribution in [3.63, 3.8) is 0 Å². The van der Waals surface area contributed by atoms with Crippen molar-refractivity contribution in [2.24, 2.45) is 0 Å². The Hall–Kier alpha value is -1.42. The van der Waals surface area contributed by atoms with Crippen LogP contribution in [0.15, 0.2) is 30.3 Å². The van der Waals surface area contributed by atoms with E-state index in [1.807, 2.05) is 32.0 Å². The van der Waals surface area contributed by atoms with Gasteiger partial charge in [0.1, 0.15) is 5.75 Å². The predicted octanol–water partition coefficient (Wildman–Crippen LogP) is 6.75. The van der Waals surface area contributed by atoms with Crippen molar-refractivity contribution in [2.75, 3.05) is 19.0 Å². The van der Waals surface area contributed by atoms with E-state index in [4.69, 9.17) is 14.2 Å². The van der Waals surface area contributed by atoms with Gasteiger partial charge in [0.25, 0.3) is 0 Å². The molecule has 0 fully saturated rings. The first kappa shape index (κ1) is 20.9. The molecule has 2 aromatic carbocycles. The van der Waals surface area contributed by atoms with Gasteiger partial charge in [0.15, 0.2) is 11.5 Å². The predicted molar refractivity (Wildman–Crippen MR) is 113 cm³/mol. The number of halogens is 1. The topological polar surface area (TPSA) is 27.7 Å². The fraction of sp³-hybridized carbons (Fsp3) is 0.545. The SMILES string of the molecule is COc1cc(OCCCCCCCCBr)c2ccccc2c1OC(C)C. The van der Waals surface area contributed by atoms with Gasteiger partial charge in [-0.2, -0.15) is 0 Å². The minimum absolute atomic E-state index is 0.0867. The zero-order valence-corrected chi connectivity index (χ0v) is 17.8. The molecule has 0 atom stereocenters. The van der Waals surface area contributed by atoms with E-state index in [-0.39, 0.29) is 6.10 Å². The van der Waals surface area contributed by atoms with Gasteiger partial charge < -0.3 is 14.2 Å². The van der Waals surface area contributed by atoms with E-state index in [1.165, 1.54) is 32.1 Å². The van der Waals surface area contributed by atoms with Gasteiger partial charge in [-0.1, -0.05) is 65.9 Å². The molecular formula is C22H31BrO3. The molecule has 0 radical (unpaired) electrons. The molecule has 0 aromatic heterocycles. The molecule has 0 saturated carbocycles. The molecule has 2 rings (SSSR count). The van der Waals surface area contributed by atoms with Gasteiger partial charge in [0, 0.05) is 22.2 Å². The molecule has 3 nitrogen and oxygen atoms in total. The van der Waals surface area contributed by atoms with Gasteiger partial charge in [-0.25, -0.2) is 0 Å². The van der Waals surface area contributed by atoms with Gasteiger partial charge in [0.05, 0.1) is 19.8 Å². The van der Waals surface area contributed by atoms with Crippen LogP contribution in [0.1, 0.15) is 52.4 Å². The maximum absolute atomic E-state index is 6.11. The zero-order chi connectivity index (χ0) is 18.8. The van der Waals surface area contributed by atoms with Crippen LogP contribution in [0.4, 0.5) is 0 Å². The third-order valence-corrected chi connectivity index (χ3v) is 4.84. The van der Waals surface area contributed by atoms with Crippen LogP contribution in [-0.4, -0.2) is 25.2 Å². The van der Waals surface area contributed by atoms with Crippen LogP contribution in [0, 0.1) is 0 Å². The van der Waals surface area contributed by atoms with Crippen molar-refractivity contribution >= 4 is 26.7 Å². The Morgan fingerprint density at radius 1 is 0.885 bits per heavy atom. The number of benzene rings is 2. The molecule has 0 bridgehead atoms. The van der Waals surface area contributed by atoms with Crippen molar-refractivity contribution in [1.29, 1.82) is 0 Å². The lowest BCUT2D eigenvalue weighted by atomic mass is 10.1. The number of hydrogen-bond acceptors (Lipinski definition) is 3. The lowest BCUT2D eigenvalue weighted by Gasteiger charge is -2.18. The fourth-order valence-electron chi connectivity index (χ4n) is 3.01. The van der Waals surface area contributed by atoms with Crippen LogP contribution in [0.25, 0.3) is 10.8 Å². The first-order chi connectivity index (χ1) is 12.7. The Labute approximate surface area is 166 Å². The quantitative estimate of drug-likeness (QED) is 0.279. The third kappa shape index (κ3) is 6.08. The highest BCUT2D eigenvalue weighted by atomic mass is 79.9. The number of ether oxygens (including phenoxy) is 3. The Balaban J connectivity index is 2.03. The monoisotopic (exact) mass is 422 g/mol. The minimum atomic E-state index is 0.0867. The van der Waals surface area contributed by atoms with Crippen LogP contribution < -0.4 is 14.2 Å². The van der Waals surface area contributed by atoms with Gasteiger partial charge in [0.2, 0.25) is 0 Å². The molecule has 26 heavy (non-hydrogen) atoms. The molecule has 0 saturated heterocycles. The summed E-state index contributed by atoms with van der Waals surface area (Å²) in [5.41, 5.74) is 0. The number of unbranched alkanes of at least 4 members (excludes halogenated alkanes) is 5. The number of alkyl halides is 1. The summed E-state index contributed by atoms with van der Waals surface area (Å²) in [4.78, 5) is 0. The van der Waals surface area contributed by atoms with Crippen molar-refractivity contribution in [3.05, 3.63) is 30.3 Å². The van der Waals surface area contributed by atoms with E-state index < -0.39 is 0 Å². The van der Waals surface area contributed by atoms with E-state index in [1.54, 1.807) is 7.11 Å². The molecular weight excluding hydrogens is 392 g/mol. The van der Waals surface area contributed by atoms with Crippen molar-refractivity contribution in [1.82, 2.24) is 0 Å². The molecule has 0 N–H and O–H groups in total. The van der Waals surface area contributed by atoms with Crippen LogP contribution in [-0.2, 0) is 0 Å². The Bertz CT molecular complexity index is 670. The zero-order valence-electron chi connectivity index (χ0n) is 16.2. The largest absolute Gasteiger partial charge is 0.493 e. The summed E-state index contributed by atoms with van der Waals surface area (Å²) >= 11 is 3.48. The molecule has 0 aliphatic rings. The number of fused-ring (bicyclic) bond motifs is 1. The van der Waals surface area contributed by atoms with E-state index in [9.17, 15) is 0 Å². The average molecular weight is 423 g/mol. The third-order valence-electron chi connectivity index (χ3n) is 4.28. The second-order valence-corrected chi connectivity index (χ2v) is 7.57. The molecule has 0 aliphatic heterocycles. The summed E-state index contributed by atoms with van der Waals surface area (Å²) in [6, 6.07) is 10.1. The van der Waals surface area contributed by atoms with Gasteiger partial charge >= 0.3 is 0 Å². The summed E-state index contributed by atoms with van der Waals surface area (Å²) in [7, 11) is 1.67. The minimum Gasteiger partial charge on any atom is -0.493 e. The van der Waals surface area contributed by atoms with Crippen molar-refractivity contribution < 1.29 is 14.2 Å². The first-order valence-electron chi connectivity index (χ1n) is 9.62. The summed E-state index contributed by atoms with van der Waals surface area (Å²) in [6.07, 6.45) is 7.55. The smallest absolute Gasteiger partial charge is 0.169 e. The molecule has 0 unspecified atom stereocenters. The fourth-order valence-corrected chi connectivity index (χ4v) is 3.40. The second kappa shape index (κ2) is 11.3. The number of rotatable bonds is 12. The summed E-state index contributed by atoms with van der Waals surface area (Å²) < 4.78 is 17.7. The van der Waals surface area contributed by atoms with Gasteiger partial charge in [-0.3, -0.25) is 0 Å². The molecule has 0 amide bonds. The van der Waals surface area contributed by atoms with Crippen LogP contribution in [0.3, 0.4) is 0 Å². The summed E-state index contributed by atoms with van der Waals surface area (Å²) in [6.45, 7) is 4.78. The Kier molecular flexibility index (Phi) is 9.10. The van der Waals surface area contributed by atoms with E-state index in [0.717, 1.165) is 46.4 Å². The van der Waals surface area contributed by atoms with Crippen LogP contribution >= 0.6 is 15.9 Å². The maximum atomic E-state index is 6.11. The van der Waals surface area contributed by atoms with Crippen molar-refractivity contribution in [2.45, 2.75) is 58.5 Å². The highest BCUT2D eigenvalue weighted by molar-refractivity contribution is 9.09. The van der Waals surface area contributed by atoms with E-state index >= 15 is 0 Å². The van der Waals surface area contributed by atoms with E-state index in [2.05, 4.69) is 28.1 Å². The lowest BCUT2D eigenvalue weighted by Crippen LogP contribution is -2.08. The maximum Gasteiger partial charge on any atom is 0.169 e. The van der Waals surface area contributed by atoms with Crippen LogP contribution in [0.5, 0.6) is 17.2 Å². The number of methoxy groups -OCH3 is 1. The molecule has 0 heterocycles. The molecule has 144 valence electrons. The highest BCUT2D eigenvalue weighted by Gasteiger charge is 2.15.